The molecule has 6 rings (SSSR count). The van der Waals surface area contributed by atoms with Crippen LogP contribution in [0, 0.1) is 6.92 Å². The number of fused-ring (bicyclic) bond motifs is 3. The monoisotopic (exact) mass is 522 g/mol. The van der Waals surface area contributed by atoms with Gasteiger partial charge in [-0.05, 0) is 70.3 Å². The summed E-state index contributed by atoms with van der Waals surface area (Å²) in [6, 6.07) is 21.6. The van der Waals surface area contributed by atoms with Gasteiger partial charge in [0.05, 0.1) is 23.8 Å². The van der Waals surface area contributed by atoms with Crippen molar-refractivity contribution >= 4 is 40.3 Å². The Morgan fingerprint density at radius 1 is 0.676 bits per heavy atom. The summed E-state index contributed by atoms with van der Waals surface area (Å²) in [6.45, 7) is 2.11. The van der Waals surface area contributed by atoms with E-state index in [2.05, 4.69) is 81.5 Å². The van der Waals surface area contributed by atoms with Gasteiger partial charge in [-0.3, -0.25) is 9.59 Å². The molecule has 1 aliphatic rings. The van der Waals surface area contributed by atoms with E-state index in [9.17, 15) is 9.59 Å². The molecule has 37 heavy (non-hydrogen) atoms. The van der Waals surface area contributed by atoms with Gasteiger partial charge in [-0.15, -0.1) is 0 Å². The van der Waals surface area contributed by atoms with Gasteiger partial charge >= 0.3 is 0 Å². The number of H-pyrrole nitrogens is 2. The Morgan fingerprint density at radius 2 is 1.19 bits per heavy atom. The summed E-state index contributed by atoms with van der Waals surface area (Å²) in [4.78, 5) is 36.7. The number of rotatable bonds is 7. The number of benzene rings is 3. The summed E-state index contributed by atoms with van der Waals surface area (Å²) in [5, 5.41) is 0. The average molecular weight is 522 g/mol. The van der Waals surface area contributed by atoms with E-state index in [1.807, 2.05) is 0 Å². The first kappa shape index (κ1) is 23.7. The summed E-state index contributed by atoms with van der Waals surface area (Å²) in [7, 11) is 0.0945. The molecule has 0 bridgehead atoms. The second-order valence-electron chi connectivity index (χ2n) is 9.09. The van der Waals surface area contributed by atoms with E-state index in [0.717, 1.165) is 58.5 Å². The number of aromatic amines is 2. The van der Waals surface area contributed by atoms with E-state index >= 15 is 0 Å². The molecule has 0 saturated heterocycles. The van der Waals surface area contributed by atoms with Gasteiger partial charge in [-0.2, -0.15) is 0 Å². The zero-order valence-electron chi connectivity index (χ0n) is 20.1. The van der Waals surface area contributed by atoms with Crippen LogP contribution in [0.4, 0.5) is 0 Å². The SMILES string of the molecule is Cc1cc(-c2ccc3c(c2)CCc2cc(-c4cnc(PC=O)[nH]4)ccc2-3)ccc1-c1cnc(PC=O)[nH]1. The van der Waals surface area contributed by atoms with Gasteiger partial charge < -0.3 is 9.97 Å². The molecule has 2 heterocycles. The fraction of sp³-hybridized carbons (Fsp3) is 0.103. The Bertz CT molecular complexity index is 1650. The Labute approximate surface area is 217 Å². The van der Waals surface area contributed by atoms with E-state index in [1.165, 1.54) is 33.4 Å². The van der Waals surface area contributed by atoms with Gasteiger partial charge in [0.2, 0.25) is 0 Å². The molecule has 2 aromatic heterocycles. The number of imidazole rings is 2. The molecule has 0 radical (unpaired) electrons. The molecule has 0 saturated carbocycles. The number of carbonyl (C=O) groups is 2. The summed E-state index contributed by atoms with van der Waals surface area (Å²) in [5.41, 5.74) is 14.3. The second kappa shape index (κ2) is 9.97. The number of hydrogen-bond donors (Lipinski definition) is 2. The predicted molar refractivity (Wildman–Crippen MR) is 154 cm³/mol. The summed E-state index contributed by atoms with van der Waals surface area (Å²) in [6.07, 6.45) is 5.58. The molecule has 2 N–H and O–H groups in total. The van der Waals surface area contributed by atoms with Crippen molar-refractivity contribution in [1.82, 2.24) is 19.9 Å². The minimum atomic E-state index is 0.0441. The van der Waals surface area contributed by atoms with Crippen LogP contribution in [0.25, 0.3) is 44.8 Å². The number of nitrogens with zero attached hydrogens (tertiary/aromatic N) is 2. The third-order valence-electron chi connectivity index (χ3n) is 6.87. The summed E-state index contributed by atoms with van der Waals surface area (Å²) in [5.74, 6) is 0. The third-order valence-corrected chi connectivity index (χ3v) is 8.16. The first-order valence-corrected chi connectivity index (χ1v) is 14.2. The fourth-order valence-electron chi connectivity index (χ4n) is 5.07. The molecule has 0 aliphatic heterocycles. The van der Waals surface area contributed by atoms with Crippen LogP contribution < -0.4 is 11.1 Å². The Morgan fingerprint density at radius 3 is 1.81 bits per heavy atom. The molecule has 0 fully saturated rings. The number of aromatic nitrogens is 4. The molecule has 2 unspecified atom stereocenters. The Hall–Kier alpha value is -3.72. The van der Waals surface area contributed by atoms with Crippen molar-refractivity contribution in [2.75, 3.05) is 0 Å². The lowest BCUT2D eigenvalue weighted by molar-refractivity contribution is 0.569. The average Bonchev–Trinajstić information content (AvgIpc) is 3.58. The molecule has 1 aliphatic carbocycles. The topological polar surface area (TPSA) is 91.5 Å². The lowest BCUT2D eigenvalue weighted by Crippen LogP contribution is -2.04. The molecule has 2 atom stereocenters. The quantitative estimate of drug-likeness (QED) is 0.227. The van der Waals surface area contributed by atoms with E-state index in [4.69, 9.17) is 0 Å². The third kappa shape index (κ3) is 4.59. The zero-order valence-corrected chi connectivity index (χ0v) is 22.1. The molecule has 0 amide bonds. The normalized spacial score (nSPS) is 12.8. The van der Waals surface area contributed by atoms with E-state index < -0.39 is 0 Å². The van der Waals surface area contributed by atoms with Crippen molar-refractivity contribution in [2.24, 2.45) is 0 Å². The van der Waals surface area contributed by atoms with Crippen molar-refractivity contribution in [2.45, 2.75) is 19.8 Å². The van der Waals surface area contributed by atoms with Crippen molar-refractivity contribution in [3.63, 3.8) is 0 Å². The van der Waals surface area contributed by atoms with E-state index in [0.29, 0.717) is 5.57 Å². The molecule has 8 heteroatoms. The summed E-state index contributed by atoms with van der Waals surface area (Å²) >= 11 is 0. The van der Waals surface area contributed by atoms with Gasteiger partial charge in [0.1, 0.15) is 23.2 Å². The van der Waals surface area contributed by atoms with E-state index in [1.54, 1.807) is 12.4 Å². The largest absolute Gasteiger partial charge is 0.338 e. The highest BCUT2D eigenvalue weighted by Crippen LogP contribution is 2.38. The lowest BCUT2D eigenvalue weighted by Gasteiger charge is -2.21. The number of aryl methyl sites for hydroxylation is 3. The smallest absolute Gasteiger partial charge is 0.146 e. The number of nitrogens with one attached hydrogen (secondary N) is 2. The fourth-order valence-corrected chi connectivity index (χ4v) is 5.99. The molecule has 182 valence electrons. The van der Waals surface area contributed by atoms with Crippen molar-refractivity contribution in [3.8, 4) is 44.8 Å². The maximum Gasteiger partial charge on any atom is 0.146 e. The van der Waals surface area contributed by atoms with Gasteiger partial charge in [-0.1, -0.05) is 48.5 Å². The first-order valence-electron chi connectivity index (χ1n) is 12.0. The van der Waals surface area contributed by atoms with Crippen LogP contribution in [0.1, 0.15) is 16.7 Å². The minimum Gasteiger partial charge on any atom is -0.338 e. The van der Waals surface area contributed by atoms with Crippen molar-refractivity contribution in [1.29, 1.82) is 0 Å². The van der Waals surface area contributed by atoms with Crippen molar-refractivity contribution < 1.29 is 9.59 Å². The number of hydrogen-bond acceptors (Lipinski definition) is 4. The van der Waals surface area contributed by atoms with Crippen molar-refractivity contribution in [3.05, 3.63) is 83.7 Å². The number of carbonyl (C=O) groups excluding carboxylic acids is 2. The molecular formula is C29H24N4O2P2. The summed E-state index contributed by atoms with van der Waals surface area (Å²) < 4.78 is 0. The first-order chi connectivity index (χ1) is 18.1. The van der Waals surface area contributed by atoms with Crippen LogP contribution in [0.2, 0.25) is 0 Å². The standard InChI is InChI=1S/C29H24N4O2P2/c1-17-10-18(4-7-23(17)27-14-31-29(33-27)37-16-35)19-5-8-24-20(11-19)2-3-21-12-22(6-9-25(21)24)26-13-30-28(32-26)36-15-34/h4-16,36-37H,2-3H2,1H3,(H,30,32)(H,31,33). The van der Waals surface area contributed by atoms with Gasteiger partial charge in [-0.25, -0.2) is 9.97 Å². The zero-order chi connectivity index (χ0) is 25.4. The minimum absolute atomic E-state index is 0.0441. The van der Waals surface area contributed by atoms with E-state index in [-0.39, 0.29) is 17.2 Å². The molecule has 5 aromatic rings. The molecular weight excluding hydrogens is 498 g/mol. The van der Waals surface area contributed by atoms with Crippen LogP contribution in [0.15, 0.2) is 67.0 Å². The maximum atomic E-state index is 10.8. The van der Waals surface area contributed by atoms with Gasteiger partial charge in [0.25, 0.3) is 0 Å². The van der Waals surface area contributed by atoms with Gasteiger partial charge in [0, 0.05) is 22.7 Å². The van der Waals surface area contributed by atoms with Crippen LogP contribution in [0.3, 0.4) is 0 Å². The van der Waals surface area contributed by atoms with Gasteiger partial charge in [0.15, 0.2) is 0 Å². The van der Waals surface area contributed by atoms with Crippen LogP contribution in [-0.4, -0.2) is 32.0 Å². The highest BCUT2D eigenvalue weighted by atomic mass is 31.1. The highest BCUT2D eigenvalue weighted by Gasteiger charge is 2.18. The lowest BCUT2D eigenvalue weighted by atomic mass is 9.83. The maximum absolute atomic E-state index is 10.8. The van der Waals surface area contributed by atoms with Crippen LogP contribution >= 0.6 is 17.2 Å². The highest BCUT2D eigenvalue weighted by molar-refractivity contribution is 7.62. The molecule has 6 nitrogen and oxygen atoms in total. The second-order valence-corrected chi connectivity index (χ2v) is 11.1. The van der Waals surface area contributed by atoms with Crippen LogP contribution in [-0.2, 0) is 22.4 Å². The van der Waals surface area contributed by atoms with Crippen LogP contribution in [0.5, 0.6) is 0 Å². The Kier molecular flexibility index (Phi) is 6.38. The molecule has 0 spiro atoms. The predicted octanol–water partition coefficient (Wildman–Crippen LogP) is 5.20. The molecule has 3 aromatic carbocycles. The Balaban J connectivity index is 1.28.